The Balaban J connectivity index is 4.87. The van der Waals surface area contributed by atoms with Gasteiger partial charge >= 0.3 is 0 Å². The van der Waals surface area contributed by atoms with E-state index in [-0.39, 0.29) is 5.84 Å². The Labute approximate surface area is 72.6 Å². The normalized spacial score (nSPS) is 16.9. The SMILES string of the molecule is CCC(C(=N)N)S(=O)(=O)C(C)N. The lowest BCUT2D eigenvalue weighted by Crippen LogP contribution is -2.42. The third-order valence-corrected chi connectivity index (χ3v) is 4.05. The minimum absolute atomic E-state index is 0.291. The molecule has 2 atom stereocenters. The van der Waals surface area contributed by atoms with Crippen molar-refractivity contribution in [2.45, 2.75) is 30.9 Å². The van der Waals surface area contributed by atoms with Crippen LogP contribution in [0.5, 0.6) is 0 Å². The summed E-state index contributed by atoms with van der Waals surface area (Å²) in [6.07, 6.45) is 0.291. The average Bonchev–Trinajstić information content (AvgIpc) is 1.86. The standard InChI is InChI=1S/C6H15N3O2S/c1-3-5(6(8)9)12(10,11)4(2)7/h4-5H,3,7H2,1-2H3,(H3,8,9). The van der Waals surface area contributed by atoms with Gasteiger partial charge in [-0.3, -0.25) is 5.41 Å². The first-order valence-corrected chi connectivity index (χ1v) is 5.27. The van der Waals surface area contributed by atoms with Gasteiger partial charge in [0, 0.05) is 0 Å². The zero-order valence-corrected chi connectivity index (χ0v) is 8.06. The van der Waals surface area contributed by atoms with Crippen LogP contribution in [-0.4, -0.2) is 24.9 Å². The molecule has 0 amide bonds. The summed E-state index contributed by atoms with van der Waals surface area (Å²) < 4.78 is 22.7. The fraction of sp³-hybridized carbons (Fsp3) is 0.833. The van der Waals surface area contributed by atoms with Gasteiger partial charge in [0.1, 0.15) is 16.5 Å². The van der Waals surface area contributed by atoms with Crippen LogP contribution in [-0.2, 0) is 9.84 Å². The minimum atomic E-state index is -3.46. The highest BCUT2D eigenvalue weighted by molar-refractivity contribution is 7.93. The largest absolute Gasteiger partial charge is 0.387 e. The summed E-state index contributed by atoms with van der Waals surface area (Å²) in [6, 6.07) is 0. The van der Waals surface area contributed by atoms with E-state index in [1.165, 1.54) is 6.92 Å². The molecule has 0 aromatic heterocycles. The topological polar surface area (TPSA) is 110 Å². The van der Waals surface area contributed by atoms with Gasteiger partial charge in [0.2, 0.25) is 0 Å². The van der Waals surface area contributed by atoms with Crippen LogP contribution in [0.3, 0.4) is 0 Å². The second kappa shape index (κ2) is 3.86. The van der Waals surface area contributed by atoms with Gasteiger partial charge < -0.3 is 11.5 Å². The molecule has 72 valence electrons. The van der Waals surface area contributed by atoms with E-state index in [0.29, 0.717) is 6.42 Å². The zero-order valence-electron chi connectivity index (χ0n) is 7.24. The van der Waals surface area contributed by atoms with Gasteiger partial charge in [-0.1, -0.05) is 6.92 Å². The molecule has 0 aliphatic carbocycles. The highest BCUT2D eigenvalue weighted by atomic mass is 32.2. The van der Waals surface area contributed by atoms with E-state index in [1.807, 2.05) is 0 Å². The highest BCUT2D eigenvalue weighted by Crippen LogP contribution is 2.09. The quantitative estimate of drug-likeness (QED) is 0.410. The molecular weight excluding hydrogens is 178 g/mol. The number of sulfone groups is 1. The van der Waals surface area contributed by atoms with Gasteiger partial charge in [-0.2, -0.15) is 0 Å². The molecule has 0 saturated heterocycles. The lowest BCUT2D eigenvalue weighted by Gasteiger charge is -2.16. The Morgan fingerprint density at radius 3 is 2.08 bits per heavy atom. The van der Waals surface area contributed by atoms with Crippen molar-refractivity contribution in [3.8, 4) is 0 Å². The van der Waals surface area contributed by atoms with Crippen LogP contribution >= 0.6 is 0 Å². The predicted octanol–water partition coefficient (Wildman–Crippen LogP) is -0.580. The van der Waals surface area contributed by atoms with Crippen LogP contribution in [0.4, 0.5) is 0 Å². The summed E-state index contributed by atoms with van der Waals surface area (Å²) in [5, 5.41) is 5.14. The molecule has 0 aliphatic rings. The van der Waals surface area contributed by atoms with Crippen LogP contribution in [0, 0.1) is 5.41 Å². The summed E-state index contributed by atoms with van der Waals surface area (Å²) in [7, 11) is -3.46. The predicted molar refractivity (Wildman–Crippen MR) is 48.6 cm³/mol. The Kier molecular flexibility index (Phi) is 3.66. The summed E-state index contributed by atoms with van der Waals surface area (Å²) in [4.78, 5) is 0. The smallest absolute Gasteiger partial charge is 0.175 e. The molecule has 5 nitrogen and oxygen atoms in total. The Bertz CT molecular complexity index is 258. The lowest BCUT2D eigenvalue weighted by atomic mass is 10.3. The van der Waals surface area contributed by atoms with Crippen LogP contribution in [0.2, 0.25) is 0 Å². The van der Waals surface area contributed by atoms with Crippen molar-refractivity contribution in [1.82, 2.24) is 0 Å². The molecule has 12 heavy (non-hydrogen) atoms. The van der Waals surface area contributed by atoms with E-state index >= 15 is 0 Å². The van der Waals surface area contributed by atoms with E-state index in [9.17, 15) is 8.42 Å². The van der Waals surface area contributed by atoms with Crippen LogP contribution < -0.4 is 11.5 Å². The molecule has 0 radical (unpaired) electrons. The molecule has 0 fully saturated rings. The summed E-state index contributed by atoms with van der Waals surface area (Å²) >= 11 is 0. The molecule has 0 aliphatic heterocycles. The average molecular weight is 193 g/mol. The van der Waals surface area contributed by atoms with E-state index in [0.717, 1.165) is 0 Å². The van der Waals surface area contributed by atoms with Crippen molar-refractivity contribution in [2.75, 3.05) is 0 Å². The summed E-state index contributed by atoms with van der Waals surface area (Å²) in [6.45, 7) is 3.03. The number of amidine groups is 1. The van der Waals surface area contributed by atoms with E-state index in [1.54, 1.807) is 6.92 Å². The molecule has 0 heterocycles. The zero-order chi connectivity index (χ0) is 9.94. The molecule has 0 aromatic rings. The molecule has 5 N–H and O–H groups in total. The Morgan fingerprint density at radius 1 is 1.58 bits per heavy atom. The first-order chi connectivity index (χ1) is 5.34. The van der Waals surface area contributed by atoms with E-state index < -0.39 is 20.5 Å². The van der Waals surface area contributed by atoms with Gasteiger partial charge in [0.05, 0.1) is 0 Å². The number of nitrogens with two attached hydrogens (primary N) is 2. The maximum Gasteiger partial charge on any atom is 0.175 e. The van der Waals surface area contributed by atoms with Gasteiger partial charge in [-0.25, -0.2) is 8.42 Å². The second-order valence-corrected chi connectivity index (χ2v) is 5.14. The first-order valence-electron chi connectivity index (χ1n) is 3.66. The van der Waals surface area contributed by atoms with Crippen molar-refractivity contribution in [2.24, 2.45) is 11.5 Å². The molecule has 0 aromatic carbocycles. The molecular formula is C6H15N3O2S. The van der Waals surface area contributed by atoms with Gasteiger partial charge in [0.25, 0.3) is 0 Å². The number of hydrogen-bond acceptors (Lipinski definition) is 4. The minimum Gasteiger partial charge on any atom is -0.387 e. The van der Waals surface area contributed by atoms with Crippen LogP contribution in [0.1, 0.15) is 20.3 Å². The number of hydrogen-bond donors (Lipinski definition) is 3. The van der Waals surface area contributed by atoms with Crippen molar-refractivity contribution >= 4 is 15.7 Å². The molecule has 0 bridgehead atoms. The van der Waals surface area contributed by atoms with Gasteiger partial charge in [0.15, 0.2) is 9.84 Å². The van der Waals surface area contributed by atoms with Crippen molar-refractivity contribution in [3.05, 3.63) is 0 Å². The van der Waals surface area contributed by atoms with Crippen LogP contribution in [0.25, 0.3) is 0 Å². The fourth-order valence-corrected chi connectivity index (χ4v) is 2.23. The monoisotopic (exact) mass is 193 g/mol. The fourth-order valence-electron chi connectivity index (χ4n) is 0.888. The van der Waals surface area contributed by atoms with E-state index in [4.69, 9.17) is 16.9 Å². The summed E-state index contributed by atoms with van der Waals surface area (Å²) in [5.74, 6) is -0.338. The van der Waals surface area contributed by atoms with E-state index in [2.05, 4.69) is 0 Å². The molecule has 2 unspecified atom stereocenters. The van der Waals surface area contributed by atoms with Gasteiger partial charge in [-0.15, -0.1) is 0 Å². The van der Waals surface area contributed by atoms with Gasteiger partial charge in [-0.05, 0) is 13.3 Å². The molecule has 0 spiro atoms. The lowest BCUT2D eigenvalue weighted by molar-refractivity contribution is 0.577. The maximum atomic E-state index is 11.4. The molecule has 0 rings (SSSR count). The van der Waals surface area contributed by atoms with Crippen molar-refractivity contribution in [1.29, 1.82) is 5.41 Å². The third kappa shape index (κ3) is 2.18. The number of nitrogens with one attached hydrogen (secondary N) is 1. The maximum absolute atomic E-state index is 11.4. The first kappa shape index (κ1) is 11.4. The number of rotatable bonds is 4. The Morgan fingerprint density at radius 2 is 2.00 bits per heavy atom. The second-order valence-electron chi connectivity index (χ2n) is 2.65. The van der Waals surface area contributed by atoms with Crippen molar-refractivity contribution in [3.63, 3.8) is 0 Å². The highest BCUT2D eigenvalue weighted by Gasteiger charge is 2.29. The van der Waals surface area contributed by atoms with Crippen LogP contribution in [0.15, 0.2) is 0 Å². The molecule has 6 heteroatoms. The third-order valence-electron chi connectivity index (χ3n) is 1.63. The summed E-state index contributed by atoms with van der Waals surface area (Å²) in [5.41, 5.74) is 10.4. The molecule has 0 saturated carbocycles. The van der Waals surface area contributed by atoms with Crippen molar-refractivity contribution < 1.29 is 8.42 Å². The Hall–Kier alpha value is -0.620.